The molecule has 0 radical (unpaired) electrons. The van der Waals surface area contributed by atoms with Gasteiger partial charge in [-0.15, -0.1) is 22.7 Å². The van der Waals surface area contributed by atoms with Crippen molar-refractivity contribution in [2.75, 3.05) is 0 Å². The highest BCUT2D eigenvalue weighted by molar-refractivity contribution is 7.10. The van der Waals surface area contributed by atoms with E-state index in [9.17, 15) is 0 Å². The van der Waals surface area contributed by atoms with Crippen LogP contribution in [0.1, 0.15) is 43.8 Å². The number of hydrogen-bond acceptors (Lipinski definition) is 4. The van der Waals surface area contributed by atoms with Crippen molar-refractivity contribution in [3.05, 3.63) is 165 Å². The van der Waals surface area contributed by atoms with Crippen LogP contribution in [0, 0.1) is 0 Å². The summed E-state index contributed by atoms with van der Waals surface area (Å²) in [5.41, 5.74) is 5.23. The molecule has 182 valence electrons. The van der Waals surface area contributed by atoms with Gasteiger partial charge >= 0.3 is 0 Å². The molecule has 0 aliphatic rings. The van der Waals surface area contributed by atoms with Gasteiger partial charge < -0.3 is 0 Å². The highest BCUT2D eigenvalue weighted by Gasteiger charge is 2.28. The van der Waals surface area contributed by atoms with Gasteiger partial charge in [-0.05, 0) is 91.0 Å². The molecule has 4 heteroatoms. The summed E-state index contributed by atoms with van der Waals surface area (Å²) in [7, 11) is 0. The third-order valence-electron chi connectivity index (χ3n) is 7.33. The predicted octanol–water partition coefficient (Wildman–Crippen LogP) is 9.27. The summed E-state index contributed by atoms with van der Waals surface area (Å²) in [5.74, 6) is 0.228. The molecule has 0 aliphatic heterocycles. The molecule has 2 unspecified atom stereocenters. The second-order valence-electron chi connectivity index (χ2n) is 9.38. The van der Waals surface area contributed by atoms with Gasteiger partial charge in [-0.25, -0.2) is 0 Å². The molecule has 2 atom stereocenters. The highest BCUT2D eigenvalue weighted by Crippen LogP contribution is 2.48. The van der Waals surface area contributed by atoms with Crippen LogP contribution in [-0.4, -0.2) is 9.97 Å². The van der Waals surface area contributed by atoms with Crippen molar-refractivity contribution < 1.29 is 0 Å². The highest BCUT2D eigenvalue weighted by atomic mass is 32.1. The number of nitrogens with zero attached hydrogens (tertiary/aromatic N) is 2. The van der Waals surface area contributed by atoms with Crippen molar-refractivity contribution in [2.24, 2.45) is 0 Å². The standard InChI is InChI=1S/C34H24N2S2/c1-2-8-26-25(7-1)33(31(29-11-5-21-37-29)23-13-17-35-18-14-23)27-9-3-4-10-28(27)34(26)32(30-12-6-22-38-30)24-15-19-36-20-16-24/h1-22,31-32H. The van der Waals surface area contributed by atoms with E-state index in [0.29, 0.717) is 0 Å². The molecular weight excluding hydrogens is 501 g/mol. The first-order chi connectivity index (χ1) is 18.9. The molecule has 0 saturated heterocycles. The first kappa shape index (κ1) is 23.0. The minimum Gasteiger partial charge on any atom is -0.265 e. The van der Waals surface area contributed by atoms with Gasteiger partial charge in [0.15, 0.2) is 0 Å². The van der Waals surface area contributed by atoms with Crippen molar-refractivity contribution in [2.45, 2.75) is 11.8 Å². The van der Waals surface area contributed by atoms with Gasteiger partial charge in [0.2, 0.25) is 0 Å². The molecule has 0 fully saturated rings. The Balaban J connectivity index is 1.62. The molecule has 0 bridgehead atoms. The van der Waals surface area contributed by atoms with E-state index in [1.54, 1.807) is 0 Å². The van der Waals surface area contributed by atoms with Crippen molar-refractivity contribution in [1.29, 1.82) is 0 Å². The number of benzene rings is 3. The molecule has 4 aromatic heterocycles. The summed E-state index contributed by atoms with van der Waals surface area (Å²) < 4.78 is 0. The minimum absolute atomic E-state index is 0.114. The van der Waals surface area contributed by atoms with Crippen molar-refractivity contribution in [3.8, 4) is 0 Å². The molecule has 0 N–H and O–H groups in total. The summed E-state index contributed by atoms with van der Waals surface area (Å²) in [5, 5.41) is 9.55. The fourth-order valence-electron chi connectivity index (χ4n) is 5.79. The van der Waals surface area contributed by atoms with Crippen molar-refractivity contribution >= 4 is 44.2 Å². The Morgan fingerprint density at radius 2 is 0.789 bits per heavy atom. The van der Waals surface area contributed by atoms with Crippen LogP contribution >= 0.6 is 22.7 Å². The lowest BCUT2D eigenvalue weighted by Crippen LogP contribution is -2.08. The maximum atomic E-state index is 4.33. The van der Waals surface area contributed by atoms with Crippen LogP contribution in [0.15, 0.2) is 133 Å². The first-order valence-electron chi connectivity index (χ1n) is 12.7. The second kappa shape index (κ2) is 9.97. The Hall–Kier alpha value is -4.12. The summed E-state index contributed by atoms with van der Waals surface area (Å²) in [6, 6.07) is 35.4. The molecule has 7 aromatic rings. The molecule has 2 nitrogen and oxygen atoms in total. The van der Waals surface area contributed by atoms with Gasteiger partial charge in [-0.3, -0.25) is 9.97 Å². The van der Waals surface area contributed by atoms with Crippen LogP contribution in [0.3, 0.4) is 0 Å². The van der Waals surface area contributed by atoms with Gasteiger partial charge in [0, 0.05) is 46.4 Å². The van der Waals surface area contributed by atoms with Gasteiger partial charge in [0.05, 0.1) is 0 Å². The van der Waals surface area contributed by atoms with E-state index in [1.165, 1.54) is 53.6 Å². The minimum atomic E-state index is 0.114. The Morgan fingerprint density at radius 3 is 1.11 bits per heavy atom. The predicted molar refractivity (Wildman–Crippen MR) is 160 cm³/mol. The monoisotopic (exact) mass is 524 g/mol. The molecule has 38 heavy (non-hydrogen) atoms. The largest absolute Gasteiger partial charge is 0.265 e. The molecule has 3 aromatic carbocycles. The number of rotatable bonds is 6. The number of aromatic nitrogens is 2. The summed E-state index contributed by atoms with van der Waals surface area (Å²) in [6.07, 6.45) is 7.63. The zero-order chi connectivity index (χ0) is 25.3. The van der Waals surface area contributed by atoms with Gasteiger partial charge in [-0.1, -0.05) is 60.7 Å². The summed E-state index contributed by atoms with van der Waals surface area (Å²) >= 11 is 3.64. The van der Waals surface area contributed by atoms with Gasteiger partial charge in [0.1, 0.15) is 0 Å². The number of fused-ring (bicyclic) bond motifs is 2. The van der Waals surface area contributed by atoms with Crippen molar-refractivity contribution in [1.82, 2.24) is 9.97 Å². The lowest BCUT2D eigenvalue weighted by molar-refractivity contribution is 1.00. The molecule has 0 spiro atoms. The molecular formula is C34H24N2S2. The summed E-state index contributed by atoms with van der Waals surface area (Å²) in [4.78, 5) is 11.3. The Labute approximate surface area is 229 Å². The van der Waals surface area contributed by atoms with E-state index in [4.69, 9.17) is 0 Å². The quantitative estimate of drug-likeness (QED) is 0.203. The zero-order valence-corrected chi connectivity index (χ0v) is 22.2. The van der Waals surface area contributed by atoms with Crippen LogP contribution < -0.4 is 0 Å². The van der Waals surface area contributed by atoms with Crippen LogP contribution in [0.2, 0.25) is 0 Å². The zero-order valence-electron chi connectivity index (χ0n) is 20.6. The van der Waals surface area contributed by atoms with Crippen LogP contribution in [0.5, 0.6) is 0 Å². The molecule has 7 rings (SSSR count). The smallest absolute Gasteiger partial charge is 0.0447 e. The average Bonchev–Trinajstić information content (AvgIpc) is 3.71. The van der Waals surface area contributed by atoms with E-state index in [-0.39, 0.29) is 11.8 Å². The fourth-order valence-corrected chi connectivity index (χ4v) is 7.51. The maximum absolute atomic E-state index is 4.33. The fraction of sp³-hybridized carbons (Fsp3) is 0.0588. The van der Waals surface area contributed by atoms with E-state index < -0.39 is 0 Å². The first-order valence-corrected chi connectivity index (χ1v) is 14.5. The number of thiophene rings is 2. The second-order valence-corrected chi connectivity index (χ2v) is 11.3. The van der Waals surface area contributed by atoms with Crippen LogP contribution in [0.25, 0.3) is 21.5 Å². The maximum Gasteiger partial charge on any atom is 0.0447 e. The lowest BCUT2D eigenvalue weighted by atomic mass is 9.78. The molecule has 0 aliphatic carbocycles. The van der Waals surface area contributed by atoms with Crippen molar-refractivity contribution in [3.63, 3.8) is 0 Å². The molecule has 4 heterocycles. The molecule has 0 amide bonds. The van der Waals surface area contributed by atoms with Gasteiger partial charge in [-0.2, -0.15) is 0 Å². The Bertz CT molecular complexity index is 1620. The van der Waals surface area contributed by atoms with E-state index in [2.05, 4.69) is 118 Å². The third kappa shape index (κ3) is 3.94. The van der Waals surface area contributed by atoms with E-state index >= 15 is 0 Å². The topological polar surface area (TPSA) is 25.8 Å². The number of hydrogen-bond donors (Lipinski definition) is 0. The van der Waals surface area contributed by atoms with Crippen LogP contribution in [0.4, 0.5) is 0 Å². The normalized spacial score (nSPS) is 13.1. The third-order valence-corrected chi connectivity index (χ3v) is 9.20. The Morgan fingerprint density at radius 1 is 0.421 bits per heavy atom. The SMILES string of the molecule is c1csc(C(c2ccncc2)c2c3ccccc3c(C(c3ccncc3)c3cccs3)c3ccccc23)c1. The van der Waals surface area contributed by atoms with E-state index in [1.807, 2.05) is 47.5 Å². The van der Waals surface area contributed by atoms with Gasteiger partial charge in [0.25, 0.3) is 0 Å². The summed E-state index contributed by atoms with van der Waals surface area (Å²) in [6.45, 7) is 0. The Kier molecular flexibility index (Phi) is 6.05. The average molecular weight is 525 g/mol. The van der Waals surface area contributed by atoms with Crippen LogP contribution in [-0.2, 0) is 0 Å². The number of pyridine rings is 2. The van der Waals surface area contributed by atoms with E-state index in [0.717, 1.165) is 0 Å². The molecule has 0 saturated carbocycles. The lowest BCUT2D eigenvalue weighted by Gasteiger charge is -2.27.